The molecule has 1 aliphatic heterocycles. The molecule has 0 bridgehead atoms. The first-order chi connectivity index (χ1) is 11.6. The molecule has 0 unspecified atom stereocenters. The number of piperidine rings is 1. The average molecular weight is 343 g/mol. The molecule has 0 spiro atoms. The van der Waals surface area contributed by atoms with Crippen LogP contribution in [-0.4, -0.2) is 19.0 Å². The van der Waals surface area contributed by atoms with Crippen LogP contribution in [0.25, 0.3) is 0 Å². The molecule has 128 valence electrons. The van der Waals surface area contributed by atoms with E-state index in [-0.39, 0.29) is 11.9 Å². The maximum Gasteiger partial charge on any atom is 0.225 e. The Balaban J connectivity index is 1.57. The van der Waals surface area contributed by atoms with E-state index in [1.165, 1.54) is 18.5 Å². The van der Waals surface area contributed by atoms with Crippen LogP contribution in [0, 0.1) is 5.92 Å². The standard InChI is InChI=1S/C20H26N2OS/c1-15-5-3-11-22(14-15)18-9-7-17(8-10-18)16(2)21-20(23)13-19-6-4-12-24-19/h4,6-10,12,15-16H,3,5,11,13-14H2,1-2H3,(H,21,23)/t15-,16+/m1/s1. The summed E-state index contributed by atoms with van der Waals surface area (Å²) in [6, 6.07) is 12.7. The number of anilines is 1. The van der Waals surface area contributed by atoms with Gasteiger partial charge < -0.3 is 10.2 Å². The van der Waals surface area contributed by atoms with E-state index in [0.29, 0.717) is 6.42 Å². The minimum atomic E-state index is 0.0341. The molecule has 2 atom stereocenters. The number of thiophene rings is 1. The van der Waals surface area contributed by atoms with Crippen LogP contribution in [0.3, 0.4) is 0 Å². The van der Waals surface area contributed by atoms with Crippen molar-refractivity contribution < 1.29 is 4.79 Å². The van der Waals surface area contributed by atoms with Gasteiger partial charge in [0.25, 0.3) is 0 Å². The quantitative estimate of drug-likeness (QED) is 0.873. The van der Waals surface area contributed by atoms with Crippen molar-refractivity contribution in [3.05, 3.63) is 52.2 Å². The van der Waals surface area contributed by atoms with Crippen LogP contribution >= 0.6 is 11.3 Å². The molecule has 3 nitrogen and oxygen atoms in total. The van der Waals surface area contributed by atoms with Crippen LogP contribution < -0.4 is 10.2 Å². The van der Waals surface area contributed by atoms with Gasteiger partial charge in [-0.1, -0.05) is 25.1 Å². The molecule has 2 aromatic rings. The SMILES string of the molecule is C[C@@H]1CCCN(c2ccc([C@H](C)NC(=O)Cc3cccs3)cc2)C1. The predicted molar refractivity (Wildman–Crippen MR) is 102 cm³/mol. The van der Waals surface area contributed by atoms with Gasteiger partial charge in [-0.05, 0) is 54.8 Å². The highest BCUT2D eigenvalue weighted by atomic mass is 32.1. The van der Waals surface area contributed by atoms with E-state index in [1.54, 1.807) is 11.3 Å². The van der Waals surface area contributed by atoms with Crippen LogP contribution in [-0.2, 0) is 11.2 Å². The van der Waals surface area contributed by atoms with Crippen molar-refractivity contribution in [3.8, 4) is 0 Å². The van der Waals surface area contributed by atoms with Crippen LogP contribution in [0.15, 0.2) is 41.8 Å². The molecule has 0 aliphatic carbocycles. The fourth-order valence-corrected chi connectivity index (χ4v) is 4.05. The topological polar surface area (TPSA) is 32.3 Å². The van der Waals surface area contributed by atoms with E-state index in [2.05, 4.69) is 41.4 Å². The highest BCUT2D eigenvalue weighted by Gasteiger charge is 2.17. The van der Waals surface area contributed by atoms with Crippen molar-refractivity contribution in [2.24, 2.45) is 5.92 Å². The van der Waals surface area contributed by atoms with Crippen molar-refractivity contribution >= 4 is 22.9 Å². The number of nitrogens with one attached hydrogen (secondary N) is 1. The highest BCUT2D eigenvalue weighted by Crippen LogP contribution is 2.24. The van der Waals surface area contributed by atoms with E-state index < -0.39 is 0 Å². The summed E-state index contributed by atoms with van der Waals surface area (Å²) < 4.78 is 0. The molecular weight excluding hydrogens is 316 g/mol. The van der Waals surface area contributed by atoms with Crippen molar-refractivity contribution in [1.29, 1.82) is 0 Å². The van der Waals surface area contributed by atoms with Gasteiger partial charge in [-0.3, -0.25) is 4.79 Å². The highest BCUT2D eigenvalue weighted by molar-refractivity contribution is 7.10. The third kappa shape index (κ3) is 4.38. The Bertz CT molecular complexity index is 651. The molecular formula is C20H26N2OS. The summed E-state index contributed by atoms with van der Waals surface area (Å²) in [5.74, 6) is 0.854. The van der Waals surface area contributed by atoms with E-state index >= 15 is 0 Å². The normalized spacial score (nSPS) is 19.1. The minimum Gasteiger partial charge on any atom is -0.371 e. The fourth-order valence-electron chi connectivity index (χ4n) is 3.34. The molecule has 4 heteroatoms. The Kier molecular flexibility index (Phi) is 5.56. The average Bonchev–Trinajstić information content (AvgIpc) is 3.07. The summed E-state index contributed by atoms with van der Waals surface area (Å²) in [6.07, 6.45) is 3.08. The van der Waals surface area contributed by atoms with Gasteiger partial charge in [0.05, 0.1) is 12.5 Å². The second kappa shape index (κ2) is 7.84. The van der Waals surface area contributed by atoms with Gasteiger partial charge in [-0.25, -0.2) is 0 Å². The predicted octanol–water partition coefficient (Wildman–Crippen LogP) is 4.40. The zero-order chi connectivity index (χ0) is 16.9. The van der Waals surface area contributed by atoms with E-state index in [0.717, 1.165) is 29.4 Å². The number of rotatable bonds is 5. The van der Waals surface area contributed by atoms with Gasteiger partial charge in [0.2, 0.25) is 5.91 Å². The number of carbonyl (C=O) groups is 1. The van der Waals surface area contributed by atoms with Gasteiger partial charge in [0.1, 0.15) is 0 Å². The number of benzene rings is 1. The van der Waals surface area contributed by atoms with E-state index in [1.807, 2.05) is 24.4 Å². The maximum absolute atomic E-state index is 12.1. The van der Waals surface area contributed by atoms with E-state index in [4.69, 9.17) is 0 Å². The number of amides is 1. The first-order valence-electron chi connectivity index (χ1n) is 8.78. The third-order valence-corrected chi connectivity index (χ3v) is 5.58. The molecule has 3 rings (SSSR count). The van der Waals surface area contributed by atoms with Gasteiger partial charge in [0.15, 0.2) is 0 Å². The Morgan fingerprint density at radius 2 is 2.12 bits per heavy atom. The lowest BCUT2D eigenvalue weighted by atomic mass is 9.99. The summed E-state index contributed by atoms with van der Waals surface area (Å²) in [4.78, 5) is 15.7. The van der Waals surface area contributed by atoms with Crippen LogP contribution in [0.1, 0.15) is 43.2 Å². The Morgan fingerprint density at radius 1 is 1.33 bits per heavy atom. The van der Waals surface area contributed by atoms with Crippen LogP contribution in [0.5, 0.6) is 0 Å². The Hall–Kier alpha value is -1.81. The Morgan fingerprint density at radius 3 is 2.79 bits per heavy atom. The second-order valence-electron chi connectivity index (χ2n) is 6.83. The summed E-state index contributed by atoms with van der Waals surface area (Å²) in [6.45, 7) is 6.67. The van der Waals surface area contributed by atoms with Crippen molar-refractivity contribution in [3.63, 3.8) is 0 Å². The number of hydrogen-bond donors (Lipinski definition) is 1. The van der Waals surface area contributed by atoms with E-state index in [9.17, 15) is 4.79 Å². The number of hydrogen-bond acceptors (Lipinski definition) is 3. The molecule has 24 heavy (non-hydrogen) atoms. The second-order valence-corrected chi connectivity index (χ2v) is 7.86. The summed E-state index contributed by atoms with van der Waals surface area (Å²) in [7, 11) is 0. The maximum atomic E-state index is 12.1. The molecule has 1 aromatic carbocycles. The lowest BCUT2D eigenvalue weighted by Gasteiger charge is -2.33. The largest absolute Gasteiger partial charge is 0.371 e. The molecule has 0 radical (unpaired) electrons. The van der Waals surface area contributed by atoms with Gasteiger partial charge >= 0.3 is 0 Å². The van der Waals surface area contributed by atoms with Crippen molar-refractivity contribution in [1.82, 2.24) is 5.32 Å². The molecule has 1 amide bonds. The van der Waals surface area contributed by atoms with Gasteiger partial charge in [-0.2, -0.15) is 0 Å². The van der Waals surface area contributed by atoms with Crippen molar-refractivity contribution in [2.45, 2.75) is 39.2 Å². The lowest BCUT2D eigenvalue weighted by molar-refractivity contribution is -0.121. The van der Waals surface area contributed by atoms with Crippen LogP contribution in [0.4, 0.5) is 5.69 Å². The number of nitrogens with zero attached hydrogens (tertiary/aromatic N) is 1. The molecule has 0 saturated carbocycles. The first-order valence-corrected chi connectivity index (χ1v) is 9.66. The Labute approximate surface area is 148 Å². The number of carbonyl (C=O) groups excluding carboxylic acids is 1. The monoisotopic (exact) mass is 342 g/mol. The molecule has 1 aliphatic rings. The molecule has 1 fully saturated rings. The van der Waals surface area contributed by atoms with Gasteiger partial charge in [-0.15, -0.1) is 11.3 Å². The van der Waals surface area contributed by atoms with Crippen LogP contribution in [0.2, 0.25) is 0 Å². The molecule has 1 saturated heterocycles. The zero-order valence-corrected chi connectivity index (χ0v) is 15.3. The van der Waals surface area contributed by atoms with Gasteiger partial charge in [0, 0.05) is 23.7 Å². The lowest BCUT2D eigenvalue weighted by Crippen LogP contribution is -2.34. The summed E-state index contributed by atoms with van der Waals surface area (Å²) in [5.41, 5.74) is 2.45. The molecule has 1 aromatic heterocycles. The van der Waals surface area contributed by atoms with Crippen molar-refractivity contribution in [2.75, 3.05) is 18.0 Å². The summed E-state index contributed by atoms with van der Waals surface area (Å²) in [5, 5.41) is 5.10. The zero-order valence-electron chi connectivity index (χ0n) is 14.5. The third-order valence-electron chi connectivity index (χ3n) is 4.71. The fraction of sp³-hybridized carbons (Fsp3) is 0.450. The molecule has 2 heterocycles. The minimum absolute atomic E-state index is 0.0341. The first kappa shape index (κ1) is 17.0. The molecule has 1 N–H and O–H groups in total. The smallest absolute Gasteiger partial charge is 0.225 e. The summed E-state index contributed by atoms with van der Waals surface area (Å²) >= 11 is 1.63.